The molecule has 1 aromatic heterocycles. The fourth-order valence-electron chi connectivity index (χ4n) is 1.47. The van der Waals surface area contributed by atoms with Crippen LogP contribution in [0, 0.1) is 0 Å². The number of carbonyl (C=O) groups excluding carboxylic acids is 1. The number of ether oxygens (including phenoxy) is 1. The van der Waals surface area contributed by atoms with Gasteiger partial charge in [0.05, 0.1) is 19.2 Å². The van der Waals surface area contributed by atoms with Gasteiger partial charge in [0.25, 0.3) is 0 Å². The first-order valence-electron chi connectivity index (χ1n) is 5.38. The number of aromatic nitrogens is 1. The van der Waals surface area contributed by atoms with Gasteiger partial charge in [0, 0.05) is 15.8 Å². The van der Waals surface area contributed by atoms with Crippen LogP contribution in [0.4, 0.5) is 0 Å². The van der Waals surface area contributed by atoms with E-state index in [-0.39, 0.29) is 12.4 Å². The molecule has 0 atom stereocenters. The first-order chi connectivity index (χ1) is 8.72. The Kier molecular flexibility index (Phi) is 4.38. The fraction of sp³-hybridized carbons (Fsp3) is 0.231. The summed E-state index contributed by atoms with van der Waals surface area (Å²) in [5.41, 5.74) is 1.84. The maximum Gasteiger partial charge on any atom is 0.311 e. The van der Waals surface area contributed by atoms with Crippen molar-refractivity contribution in [2.75, 3.05) is 13.4 Å². The Hall–Kier alpha value is -1.33. The van der Waals surface area contributed by atoms with Crippen LogP contribution in [0.1, 0.15) is 5.69 Å². The highest BCUT2D eigenvalue weighted by Crippen LogP contribution is 2.26. The lowest BCUT2D eigenvalue weighted by Crippen LogP contribution is -2.04. The molecule has 18 heavy (non-hydrogen) atoms. The second-order valence-corrected chi connectivity index (χ2v) is 5.36. The van der Waals surface area contributed by atoms with Gasteiger partial charge in [-0.3, -0.25) is 4.79 Å². The zero-order valence-electron chi connectivity index (χ0n) is 10.2. The van der Waals surface area contributed by atoms with Crippen LogP contribution in [0.5, 0.6) is 0 Å². The number of hydrogen-bond acceptors (Lipinski definition) is 5. The number of carbonyl (C=O) groups is 1. The average molecular weight is 279 g/mol. The quantitative estimate of drug-likeness (QED) is 0.636. The first-order valence-corrected chi connectivity index (χ1v) is 7.49. The van der Waals surface area contributed by atoms with Gasteiger partial charge in [0.15, 0.2) is 0 Å². The van der Waals surface area contributed by atoms with Crippen molar-refractivity contribution in [1.82, 2.24) is 4.98 Å². The number of hydrogen-bond donors (Lipinski definition) is 0. The molecule has 0 aliphatic heterocycles. The maximum atomic E-state index is 11.2. The van der Waals surface area contributed by atoms with Crippen LogP contribution in [0.25, 0.3) is 10.6 Å². The second-order valence-electron chi connectivity index (χ2n) is 3.63. The van der Waals surface area contributed by atoms with Crippen molar-refractivity contribution in [3.05, 3.63) is 35.3 Å². The van der Waals surface area contributed by atoms with Crippen LogP contribution in [-0.4, -0.2) is 24.3 Å². The van der Waals surface area contributed by atoms with E-state index in [0.29, 0.717) is 0 Å². The summed E-state index contributed by atoms with van der Waals surface area (Å²) in [4.78, 5) is 16.8. The summed E-state index contributed by atoms with van der Waals surface area (Å²) in [6.45, 7) is 0. The molecule has 0 radical (unpaired) electrons. The van der Waals surface area contributed by atoms with Crippen LogP contribution < -0.4 is 0 Å². The smallest absolute Gasteiger partial charge is 0.311 e. The Morgan fingerprint density at radius 2 is 2.11 bits per heavy atom. The Balaban J connectivity index is 2.15. The molecule has 1 heterocycles. The van der Waals surface area contributed by atoms with Gasteiger partial charge >= 0.3 is 5.97 Å². The van der Waals surface area contributed by atoms with Crippen LogP contribution >= 0.6 is 23.1 Å². The molecule has 0 saturated carbocycles. The van der Waals surface area contributed by atoms with Crippen molar-refractivity contribution in [3.63, 3.8) is 0 Å². The number of methoxy groups -OCH3 is 1. The minimum atomic E-state index is -0.260. The molecule has 0 aliphatic rings. The highest BCUT2D eigenvalue weighted by atomic mass is 32.2. The maximum absolute atomic E-state index is 11.2. The molecule has 0 fully saturated rings. The summed E-state index contributed by atoms with van der Waals surface area (Å²) in [7, 11) is 1.39. The lowest BCUT2D eigenvalue weighted by molar-refractivity contribution is -0.139. The molecule has 1 aromatic carbocycles. The topological polar surface area (TPSA) is 39.2 Å². The summed E-state index contributed by atoms with van der Waals surface area (Å²) in [5.74, 6) is -0.260. The van der Waals surface area contributed by atoms with E-state index in [1.807, 2.05) is 23.8 Å². The molecule has 0 saturated heterocycles. The lowest BCUT2D eigenvalue weighted by Gasteiger charge is -1.98. The van der Waals surface area contributed by atoms with Crippen LogP contribution in [0.3, 0.4) is 0 Å². The van der Waals surface area contributed by atoms with E-state index in [9.17, 15) is 4.79 Å². The van der Waals surface area contributed by atoms with Gasteiger partial charge in [0.1, 0.15) is 5.01 Å². The minimum Gasteiger partial charge on any atom is -0.469 e. The molecule has 0 bridgehead atoms. The zero-order valence-corrected chi connectivity index (χ0v) is 11.8. The van der Waals surface area contributed by atoms with Crippen molar-refractivity contribution >= 4 is 29.1 Å². The van der Waals surface area contributed by atoms with E-state index in [1.165, 1.54) is 12.0 Å². The van der Waals surface area contributed by atoms with E-state index in [2.05, 4.69) is 21.9 Å². The average Bonchev–Trinajstić information content (AvgIpc) is 2.87. The number of benzene rings is 1. The predicted octanol–water partition coefficient (Wildman–Crippen LogP) is 3.25. The van der Waals surface area contributed by atoms with Gasteiger partial charge in [-0.2, -0.15) is 0 Å². The Bertz CT molecular complexity index is 534. The van der Waals surface area contributed by atoms with Gasteiger partial charge in [0.2, 0.25) is 0 Å². The standard InChI is InChI=1S/C13H13NO2S2/c1-16-12(15)7-10-8-18-13(14-10)9-3-5-11(17-2)6-4-9/h3-6,8H,7H2,1-2H3. The van der Waals surface area contributed by atoms with Gasteiger partial charge < -0.3 is 4.74 Å². The fourth-order valence-corrected chi connectivity index (χ4v) is 2.71. The van der Waals surface area contributed by atoms with Gasteiger partial charge in [-0.15, -0.1) is 23.1 Å². The monoisotopic (exact) mass is 279 g/mol. The van der Waals surface area contributed by atoms with E-state index in [4.69, 9.17) is 0 Å². The molecule has 94 valence electrons. The van der Waals surface area contributed by atoms with E-state index in [1.54, 1.807) is 23.1 Å². The SMILES string of the molecule is COC(=O)Cc1csc(-c2ccc(SC)cc2)n1. The summed E-state index contributed by atoms with van der Waals surface area (Å²) in [5, 5.41) is 2.83. The van der Waals surface area contributed by atoms with Crippen molar-refractivity contribution in [3.8, 4) is 10.6 Å². The van der Waals surface area contributed by atoms with Gasteiger partial charge in [-0.1, -0.05) is 12.1 Å². The molecule has 0 spiro atoms. The highest BCUT2D eigenvalue weighted by Gasteiger charge is 2.08. The molecule has 0 N–H and O–H groups in total. The van der Waals surface area contributed by atoms with Crippen LogP contribution in [0.15, 0.2) is 34.5 Å². The highest BCUT2D eigenvalue weighted by molar-refractivity contribution is 7.98. The molecule has 2 aromatic rings. The number of rotatable bonds is 4. The van der Waals surface area contributed by atoms with E-state index >= 15 is 0 Å². The zero-order chi connectivity index (χ0) is 13.0. The molecule has 0 unspecified atom stereocenters. The number of thiazole rings is 1. The third-order valence-corrected chi connectivity index (χ3v) is 4.13. The van der Waals surface area contributed by atoms with Crippen molar-refractivity contribution < 1.29 is 9.53 Å². The molecule has 2 rings (SSSR count). The molecule has 5 heteroatoms. The third-order valence-electron chi connectivity index (χ3n) is 2.44. The summed E-state index contributed by atoms with van der Waals surface area (Å²) < 4.78 is 4.62. The summed E-state index contributed by atoms with van der Waals surface area (Å²) >= 11 is 3.25. The largest absolute Gasteiger partial charge is 0.469 e. The minimum absolute atomic E-state index is 0.232. The van der Waals surface area contributed by atoms with E-state index < -0.39 is 0 Å². The molecular formula is C13H13NO2S2. The predicted molar refractivity (Wildman–Crippen MR) is 75.1 cm³/mol. The summed E-state index contributed by atoms with van der Waals surface area (Å²) in [6, 6.07) is 8.24. The Labute approximate surface area is 114 Å². The van der Waals surface area contributed by atoms with Gasteiger partial charge in [-0.05, 0) is 18.4 Å². The molecule has 3 nitrogen and oxygen atoms in total. The van der Waals surface area contributed by atoms with Crippen molar-refractivity contribution in [2.24, 2.45) is 0 Å². The lowest BCUT2D eigenvalue weighted by atomic mass is 10.2. The Morgan fingerprint density at radius 1 is 1.39 bits per heavy atom. The van der Waals surface area contributed by atoms with Crippen LogP contribution in [-0.2, 0) is 16.0 Å². The third kappa shape index (κ3) is 3.11. The summed E-state index contributed by atoms with van der Waals surface area (Å²) in [6.07, 6.45) is 2.28. The number of nitrogens with zero attached hydrogens (tertiary/aromatic N) is 1. The van der Waals surface area contributed by atoms with Crippen LogP contribution in [0.2, 0.25) is 0 Å². The van der Waals surface area contributed by atoms with Gasteiger partial charge in [-0.25, -0.2) is 4.98 Å². The number of thioether (sulfide) groups is 1. The number of esters is 1. The van der Waals surface area contributed by atoms with E-state index in [0.717, 1.165) is 16.3 Å². The Morgan fingerprint density at radius 3 is 2.72 bits per heavy atom. The molecule has 0 amide bonds. The molecule has 0 aliphatic carbocycles. The first kappa shape index (κ1) is 13.1. The molecular weight excluding hydrogens is 266 g/mol. The normalized spacial score (nSPS) is 10.3. The van der Waals surface area contributed by atoms with Crippen molar-refractivity contribution in [1.29, 1.82) is 0 Å². The second kappa shape index (κ2) is 6.02. The van der Waals surface area contributed by atoms with Crippen molar-refractivity contribution in [2.45, 2.75) is 11.3 Å².